The Kier molecular flexibility index (Phi) is 27.3. The first-order valence-electron chi connectivity index (χ1n) is 26.8. The number of nitrogens with one attached hydrogen (secondary N) is 2. The monoisotopic (exact) mass is 1200 g/mol. The van der Waals surface area contributed by atoms with Crippen LogP contribution in [0.5, 0.6) is 0 Å². The number of hydrogen-bond acceptors (Lipinski definition) is 16. The van der Waals surface area contributed by atoms with Crippen LogP contribution in [0.1, 0.15) is 98.9 Å². The van der Waals surface area contributed by atoms with Crippen LogP contribution in [0.15, 0.2) is 121 Å². The van der Waals surface area contributed by atoms with Crippen molar-refractivity contribution in [3.05, 3.63) is 167 Å². The molecule has 0 aliphatic rings. The molecule has 24 heteroatoms. The summed E-state index contributed by atoms with van der Waals surface area (Å²) in [5.41, 5.74) is 6.27. The van der Waals surface area contributed by atoms with E-state index in [4.69, 9.17) is 10.2 Å². The highest BCUT2D eigenvalue weighted by atomic mass is 32.2. The number of rotatable bonds is 27. The van der Waals surface area contributed by atoms with Crippen LogP contribution in [-0.2, 0) is 42.7 Å². The van der Waals surface area contributed by atoms with Crippen molar-refractivity contribution in [3.8, 4) is 22.5 Å². The van der Waals surface area contributed by atoms with E-state index in [1.54, 1.807) is 0 Å². The molecule has 4 aromatic carbocycles. The second kappa shape index (κ2) is 33.2. The topological polar surface area (TPSA) is 306 Å². The summed E-state index contributed by atoms with van der Waals surface area (Å²) in [6.07, 6.45) is 1.72. The van der Waals surface area contributed by atoms with E-state index < -0.39 is 80.9 Å². The fraction of sp³-hybridized carbons (Fsp3) is 0.367. The highest BCUT2D eigenvalue weighted by Gasteiger charge is 2.25. The molecule has 0 spiro atoms. The van der Waals surface area contributed by atoms with Gasteiger partial charge >= 0.3 is 11.9 Å². The van der Waals surface area contributed by atoms with Crippen LogP contribution in [-0.4, -0.2) is 143 Å². The second-order valence-corrected chi connectivity index (χ2v) is 24.3. The molecule has 0 saturated heterocycles. The Morgan fingerprint density at radius 1 is 0.536 bits per heavy atom. The molecule has 20 nitrogen and oxygen atoms in total. The molecule has 0 unspecified atom stereocenters. The van der Waals surface area contributed by atoms with Gasteiger partial charge in [-0.1, -0.05) is 113 Å². The lowest BCUT2D eigenvalue weighted by Crippen LogP contribution is -2.27. The van der Waals surface area contributed by atoms with E-state index in [0.29, 0.717) is 45.0 Å². The fourth-order valence-corrected chi connectivity index (χ4v) is 8.68. The van der Waals surface area contributed by atoms with Gasteiger partial charge in [-0.15, -0.1) is 0 Å². The number of carbonyl (C=O) groups is 2. The maximum atomic E-state index is 13.5. The molecule has 0 fully saturated rings. The number of aliphatic hydroxyl groups excluding tert-OH is 4. The summed E-state index contributed by atoms with van der Waals surface area (Å²) < 4.78 is 77.2. The largest absolute Gasteiger partial charge is 0.481 e. The number of nitrogens with zero attached hydrogens (tertiary/aromatic N) is 6. The highest BCUT2D eigenvalue weighted by Crippen LogP contribution is 2.34. The van der Waals surface area contributed by atoms with Crippen molar-refractivity contribution in [1.29, 1.82) is 0 Å². The van der Waals surface area contributed by atoms with E-state index >= 15 is 0 Å². The van der Waals surface area contributed by atoms with Gasteiger partial charge < -0.3 is 41.3 Å². The van der Waals surface area contributed by atoms with Crippen molar-refractivity contribution < 1.29 is 65.8 Å². The van der Waals surface area contributed by atoms with E-state index in [1.165, 1.54) is 98.1 Å². The zero-order valence-corrected chi connectivity index (χ0v) is 49.8. The Balaban J connectivity index is 0.000000282. The van der Waals surface area contributed by atoms with E-state index in [-0.39, 0.29) is 36.6 Å². The lowest BCUT2D eigenvalue weighted by atomic mass is 9.97. The van der Waals surface area contributed by atoms with Gasteiger partial charge in [-0.3, -0.25) is 9.59 Å². The Bertz CT molecular complexity index is 3120. The summed E-state index contributed by atoms with van der Waals surface area (Å²) in [4.78, 5) is 39.1. The molecule has 0 aliphatic carbocycles. The standard InChI is InChI=1S/2C22H28FN3O6S.C16H20N2/c2*1-13(2)20-18(10-9-16(27)11-17(28)12-19(29)30)21(14-5-7-15(23)8-6-14)25-22(24-20)26(3)33(4,31)32;1-3-7-15(8-4-1)13-17-11-12-18-14-16-9-5-2-6-10-16/h2*5-10,13,16-17,27-28H,11-12H2,1-4H3,(H,29,30);1-10,17-18H,11-14H2/b2*10-9+;/t2*16-,17-;/m11./s1. The van der Waals surface area contributed by atoms with Crippen LogP contribution >= 0.6 is 0 Å². The van der Waals surface area contributed by atoms with Gasteiger partial charge in [-0.2, -0.15) is 0 Å². The van der Waals surface area contributed by atoms with Gasteiger partial charge in [0, 0.05) is 75.4 Å². The first kappa shape index (κ1) is 69.1. The molecule has 6 aromatic rings. The summed E-state index contributed by atoms with van der Waals surface area (Å²) >= 11 is 0. The van der Waals surface area contributed by atoms with Gasteiger partial charge in [-0.25, -0.2) is 54.2 Å². The smallest absolute Gasteiger partial charge is 0.305 e. The third-order valence-corrected chi connectivity index (χ3v) is 14.8. The number of aliphatic carboxylic acids is 2. The van der Waals surface area contributed by atoms with Crippen molar-refractivity contribution >= 4 is 56.0 Å². The second-order valence-electron chi connectivity index (χ2n) is 20.3. The number of benzene rings is 4. The molecule has 6 rings (SSSR count). The number of aliphatic hydroxyl groups is 4. The number of sulfonamides is 2. The van der Waals surface area contributed by atoms with E-state index in [9.17, 15) is 55.6 Å². The average Bonchev–Trinajstić information content (AvgIpc) is 3.45. The third-order valence-electron chi connectivity index (χ3n) is 12.5. The van der Waals surface area contributed by atoms with Crippen LogP contribution < -0.4 is 19.2 Å². The number of hydrogen-bond donors (Lipinski definition) is 8. The van der Waals surface area contributed by atoms with Gasteiger partial charge in [0.2, 0.25) is 31.9 Å². The van der Waals surface area contributed by atoms with Crippen LogP contribution in [0.4, 0.5) is 20.7 Å². The van der Waals surface area contributed by atoms with Crippen molar-refractivity contribution in [1.82, 2.24) is 30.6 Å². The zero-order chi connectivity index (χ0) is 62.3. The van der Waals surface area contributed by atoms with Crippen molar-refractivity contribution in [3.63, 3.8) is 0 Å². The molecule has 454 valence electrons. The van der Waals surface area contributed by atoms with Crippen LogP contribution in [0.3, 0.4) is 0 Å². The van der Waals surface area contributed by atoms with Gasteiger partial charge in [0.1, 0.15) is 11.6 Å². The van der Waals surface area contributed by atoms with E-state index in [2.05, 4.69) is 79.1 Å². The minimum absolute atomic E-state index is 0.0601. The van der Waals surface area contributed by atoms with Crippen molar-refractivity contribution in [2.45, 2.75) is 103 Å². The maximum absolute atomic E-state index is 13.5. The average molecular weight is 1200 g/mol. The Labute approximate surface area is 490 Å². The molecule has 0 bridgehead atoms. The van der Waals surface area contributed by atoms with E-state index in [1.807, 2.05) is 39.8 Å². The molecular weight excluding hydrogens is 1130 g/mol. The lowest BCUT2D eigenvalue weighted by molar-refractivity contribution is -0.140. The molecule has 0 radical (unpaired) electrons. The first-order chi connectivity index (χ1) is 39.5. The van der Waals surface area contributed by atoms with Gasteiger partial charge in [0.05, 0.1) is 72.5 Å². The zero-order valence-electron chi connectivity index (χ0n) is 48.2. The quantitative estimate of drug-likeness (QED) is 0.0233. The Morgan fingerprint density at radius 3 is 1.14 bits per heavy atom. The number of aromatic nitrogens is 4. The van der Waals surface area contributed by atoms with E-state index in [0.717, 1.165) is 47.3 Å². The molecule has 0 saturated carbocycles. The minimum atomic E-state index is -3.65. The summed E-state index contributed by atoms with van der Waals surface area (Å²) in [6.45, 7) is 11.3. The molecular formula is C60H76F2N8O12S2. The number of carboxylic acid groups (broad SMARTS) is 2. The van der Waals surface area contributed by atoms with Gasteiger partial charge in [0.25, 0.3) is 0 Å². The predicted octanol–water partition coefficient (Wildman–Crippen LogP) is 7.37. The van der Waals surface area contributed by atoms with Crippen LogP contribution in [0.25, 0.3) is 34.7 Å². The molecule has 0 amide bonds. The SMILES string of the molecule is CC(C)c1nc(N(C)S(C)(=O)=O)nc(-c2ccc(F)cc2)c1/C=C/[C@@H](O)C[C@@H](O)CC(=O)O.CC(C)c1nc(N(C)S(C)(=O)=O)nc(-c2ccc(F)cc2)c1/C=C/[C@@H](O)C[C@@H](O)CC(=O)O.c1ccc(CNCCNCc2ccccc2)cc1. The lowest BCUT2D eigenvalue weighted by Gasteiger charge is -2.20. The predicted molar refractivity (Wildman–Crippen MR) is 322 cm³/mol. The van der Waals surface area contributed by atoms with Crippen molar-refractivity contribution in [2.75, 3.05) is 48.3 Å². The Morgan fingerprint density at radius 2 is 0.857 bits per heavy atom. The number of anilines is 2. The first-order valence-corrected chi connectivity index (χ1v) is 30.5. The molecule has 84 heavy (non-hydrogen) atoms. The number of halogens is 2. The summed E-state index contributed by atoms with van der Waals surface area (Å²) in [6, 6.07) is 31.9. The van der Waals surface area contributed by atoms with Gasteiger partial charge in [-0.05, 0) is 71.5 Å². The minimum Gasteiger partial charge on any atom is -0.481 e. The number of carboxylic acids is 2. The van der Waals surface area contributed by atoms with Crippen LogP contribution in [0, 0.1) is 11.6 Å². The molecule has 2 aromatic heterocycles. The highest BCUT2D eigenvalue weighted by molar-refractivity contribution is 7.92. The normalized spacial score (nSPS) is 13.2. The van der Waals surface area contributed by atoms with Crippen LogP contribution in [0.2, 0.25) is 0 Å². The summed E-state index contributed by atoms with van der Waals surface area (Å²) in [5, 5.41) is 64.4. The molecule has 4 atom stereocenters. The summed E-state index contributed by atoms with van der Waals surface area (Å²) in [5.74, 6) is -3.74. The Hall–Kier alpha value is -7.42. The van der Waals surface area contributed by atoms with Gasteiger partial charge in [0.15, 0.2) is 0 Å². The molecule has 8 N–H and O–H groups in total. The van der Waals surface area contributed by atoms with Crippen molar-refractivity contribution in [2.24, 2.45) is 0 Å². The fourth-order valence-electron chi connectivity index (χ4n) is 7.92. The third kappa shape index (κ3) is 23.3. The summed E-state index contributed by atoms with van der Waals surface area (Å²) in [7, 11) is -4.65. The maximum Gasteiger partial charge on any atom is 0.305 e. The molecule has 2 heterocycles. The molecule has 0 aliphatic heterocycles.